The Bertz CT molecular complexity index is 1680. The summed E-state index contributed by atoms with van der Waals surface area (Å²) in [5.74, 6) is 0.920. The Morgan fingerprint density at radius 2 is 0.968 bits per heavy atom. The first-order valence-corrected chi connectivity index (χ1v) is 17.9. The molecule has 10 fully saturated rings. The fraction of sp³-hybridized carbons (Fsp3) is 0.357. The van der Waals surface area contributed by atoms with Crippen LogP contribution in [0.25, 0.3) is 12.2 Å². The molecule has 31 heavy (non-hydrogen) atoms. The summed E-state index contributed by atoms with van der Waals surface area (Å²) in [6.07, 6.45) is 7.96. The van der Waals surface area contributed by atoms with E-state index in [1.165, 1.54) is 0 Å². The van der Waals surface area contributed by atoms with Gasteiger partial charge in [-0.05, 0) is 0 Å². The van der Waals surface area contributed by atoms with Gasteiger partial charge in [0.2, 0.25) is 0 Å². The zero-order valence-electron chi connectivity index (χ0n) is 16.9. The van der Waals surface area contributed by atoms with Crippen molar-refractivity contribution in [3.63, 3.8) is 0 Å². The number of allylic oxidation sites excluding steroid dienone is 2. The first-order chi connectivity index (χ1) is 14.9. The Morgan fingerprint density at radius 1 is 0.613 bits per heavy atom. The molecule has 0 aliphatic carbocycles. The molecule has 12 rings (SSSR count). The molecule has 2 aromatic rings. The Balaban J connectivity index is 1.05. The molecule has 0 amide bonds. The summed E-state index contributed by atoms with van der Waals surface area (Å²) in [6.45, 7) is -4.09. The molecule has 0 saturated carbocycles. The number of ketones is 2. The van der Waals surface area contributed by atoms with E-state index >= 15 is 0 Å². The van der Waals surface area contributed by atoms with Gasteiger partial charge in [0.05, 0.1) is 0 Å². The van der Waals surface area contributed by atoms with Gasteiger partial charge in [-0.2, -0.15) is 0 Å². The van der Waals surface area contributed by atoms with Crippen LogP contribution in [-0.2, 0) is 16.1 Å². The van der Waals surface area contributed by atoms with Crippen molar-refractivity contribution in [1.29, 1.82) is 0 Å². The molecule has 0 radical (unpaired) electrons. The maximum absolute atomic E-state index is 13.9. The van der Waals surface area contributed by atoms with Crippen LogP contribution < -0.4 is 0 Å². The van der Waals surface area contributed by atoms with E-state index in [9.17, 15) is 9.59 Å². The first-order valence-electron chi connectivity index (χ1n) is 11.7. The molecule has 10 aliphatic rings. The van der Waals surface area contributed by atoms with Gasteiger partial charge < -0.3 is 0 Å². The van der Waals surface area contributed by atoms with Crippen LogP contribution in [0.4, 0.5) is 0 Å². The molecule has 8 atom stereocenters. The first kappa shape index (κ1) is 14.0. The minimum absolute atomic E-state index is 0.0515. The van der Waals surface area contributed by atoms with E-state index < -0.39 is 6.51 Å². The van der Waals surface area contributed by atoms with Crippen molar-refractivity contribution in [2.45, 2.75) is 47.2 Å². The van der Waals surface area contributed by atoms with Crippen LogP contribution in [0.5, 0.6) is 0 Å². The van der Waals surface area contributed by atoms with Gasteiger partial charge in [-0.1, -0.05) is 0 Å². The van der Waals surface area contributed by atoms with Crippen molar-refractivity contribution < 1.29 is 16.1 Å². The minimum atomic E-state index is -4.09. The maximum atomic E-state index is 13.9. The second kappa shape index (κ2) is 1.81. The monoisotopic (exact) mass is 446 g/mol. The van der Waals surface area contributed by atoms with Gasteiger partial charge in [0.1, 0.15) is 0 Å². The van der Waals surface area contributed by atoms with E-state index in [0.717, 1.165) is 49.7 Å². The number of hydrogen-bond acceptors (Lipinski definition) is 2. The second-order valence-corrected chi connectivity index (χ2v) is 37.2. The van der Waals surface area contributed by atoms with Crippen molar-refractivity contribution in [2.75, 3.05) is 0 Å². The zero-order chi connectivity index (χ0) is 20.1. The summed E-state index contributed by atoms with van der Waals surface area (Å²) in [4.78, 5) is 34.6. The summed E-state index contributed by atoms with van der Waals surface area (Å²) in [5, 5.41) is 0. The van der Waals surface area contributed by atoms with E-state index in [0.29, 0.717) is 11.6 Å². The van der Waals surface area contributed by atoms with Gasteiger partial charge in [-0.3, -0.25) is 0 Å². The van der Waals surface area contributed by atoms with E-state index in [-0.39, 0.29) is 8.63 Å². The van der Waals surface area contributed by atoms with E-state index in [2.05, 4.69) is 24.3 Å². The van der Waals surface area contributed by atoms with Crippen LogP contribution in [0.1, 0.15) is 11.1 Å². The van der Waals surface area contributed by atoms with Crippen molar-refractivity contribution in [1.82, 2.24) is 0 Å². The Hall–Kier alpha value is -2.22. The van der Waals surface area contributed by atoms with Crippen LogP contribution in [0.2, 0.25) is 47.2 Å². The normalized spacial score (nSPS) is 73.2. The predicted octanol–water partition coefficient (Wildman–Crippen LogP) is 6.68. The van der Waals surface area contributed by atoms with E-state index in [4.69, 9.17) is 0 Å². The predicted molar refractivity (Wildman–Crippen MR) is 116 cm³/mol. The Labute approximate surface area is 170 Å². The fourth-order valence-electron chi connectivity index (χ4n) is 19.6. The summed E-state index contributed by atoms with van der Waals surface area (Å²) < 4.78 is 0.103. The van der Waals surface area contributed by atoms with Gasteiger partial charge in [-0.15, -0.1) is 0 Å². The average molecular weight is 446 g/mol. The summed E-state index contributed by atoms with van der Waals surface area (Å²) in [5.41, 5.74) is 2.22. The van der Waals surface area contributed by atoms with Crippen molar-refractivity contribution in [3.8, 4) is 0 Å². The van der Waals surface area contributed by atoms with Crippen LogP contribution in [-0.4, -0.2) is 11.6 Å². The van der Waals surface area contributed by atoms with Crippen molar-refractivity contribution >= 4 is 23.7 Å². The van der Waals surface area contributed by atoms with Crippen LogP contribution in [0.15, 0.2) is 72.8 Å². The number of benzene rings is 2. The molecule has 2 aromatic carbocycles. The standard InChI is InChI=1S/2C14H11O.Fe/c2*15-14(13-8-4-5-9-13)11-10-12-6-2-1-3-7-12;/h2*1-11H;. The van der Waals surface area contributed by atoms with E-state index in [1.54, 1.807) is 0 Å². The van der Waals surface area contributed by atoms with Gasteiger partial charge in [0.15, 0.2) is 0 Å². The van der Waals surface area contributed by atoms with Gasteiger partial charge >= 0.3 is 171 Å². The van der Waals surface area contributed by atoms with Crippen molar-refractivity contribution in [2.24, 2.45) is 0 Å². The summed E-state index contributed by atoms with van der Waals surface area (Å²) >= 11 is 0. The van der Waals surface area contributed by atoms with Crippen LogP contribution in [0.3, 0.4) is 0 Å². The van der Waals surface area contributed by atoms with Gasteiger partial charge in [0.25, 0.3) is 0 Å². The second-order valence-electron chi connectivity index (χ2n) is 14.0. The average Bonchev–Trinajstić information content (AvgIpc) is 3.75. The van der Waals surface area contributed by atoms with Crippen LogP contribution in [0, 0.1) is 0 Å². The van der Waals surface area contributed by atoms with E-state index in [1.807, 2.05) is 60.7 Å². The number of carbonyl (C=O) groups is 2. The molecule has 154 valence electrons. The number of rotatable bonds is 6. The van der Waals surface area contributed by atoms with Crippen LogP contribution >= 0.6 is 0 Å². The molecular formula is C28H22FeO2. The third-order valence-electron chi connectivity index (χ3n) is 18.0. The molecule has 2 nitrogen and oxygen atoms in total. The third-order valence-corrected chi connectivity index (χ3v) is 60.7. The third kappa shape index (κ3) is 0.269. The summed E-state index contributed by atoms with van der Waals surface area (Å²) in [6, 6.07) is 20.4. The summed E-state index contributed by atoms with van der Waals surface area (Å²) in [7, 11) is 0. The molecule has 1 spiro atoms. The Morgan fingerprint density at radius 3 is 1.29 bits per heavy atom. The fourth-order valence-corrected chi connectivity index (χ4v) is 95.1. The molecule has 10 heterocycles. The van der Waals surface area contributed by atoms with Gasteiger partial charge in [-0.25, -0.2) is 0 Å². The topological polar surface area (TPSA) is 34.1 Å². The SMILES string of the molecule is O=C(C=Cc1ccccc1)[C]12[CH]3[CH]4[CH]5[CH]1[Fe]45321678[CH]2[CH]1[CH]6[C]7(C(=O)C=Cc1ccccc1)[CH]28. The zero-order valence-corrected chi connectivity index (χ0v) is 18.0. The molecule has 0 bridgehead atoms. The molecule has 0 aromatic heterocycles. The van der Waals surface area contributed by atoms with Gasteiger partial charge in [0, 0.05) is 0 Å². The molecule has 3 heteroatoms. The quantitative estimate of drug-likeness (QED) is 0.366. The number of hydrogen-bond donors (Lipinski definition) is 0. The Kier molecular flexibility index (Phi) is 0.822. The number of carbonyl (C=O) groups excluding carboxylic acids is 2. The number of fused-ring (bicyclic) bond motifs is 10. The molecule has 0 N–H and O–H groups in total. The molecule has 10 aliphatic heterocycles. The van der Waals surface area contributed by atoms with Crippen molar-refractivity contribution in [3.05, 3.63) is 83.9 Å². The molecule has 10 saturated heterocycles. The molecule has 8 unspecified atom stereocenters. The molecular weight excluding hydrogens is 424 g/mol.